The van der Waals surface area contributed by atoms with Crippen molar-refractivity contribution in [3.05, 3.63) is 48.0 Å². The number of nitrogens with zero attached hydrogens (tertiary/aromatic N) is 5. The number of carbonyl (C=O) groups is 1. The Hall–Kier alpha value is -3.81. The van der Waals surface area contributed by atoms with Gasteiger partial charge in [-0.2, -0.15) is 5.10 Å². The Balaban J connectivity index is 1.56. The lowest BCUT2D eigenvalue weighted by Gasteiger charge is -2.22. The lowest BCUT2D eigenvalue weighted by atomic mass is 10.1. The molecule has 14 heteroatoms. The molecule has 206 valence electrons. The number of Topliss-reactive ketones (excluding diaryl/α,β-unsaturated/α-hetero) is 1. The Kier molecular flexibility index (Phi) is 6.48. The fourth-order valence-electron chi connectivity index (χ4n) is 4.40. The van der Waals surface area contributed by atoms with Gasteiger partial charge in [-0.25, -0.2) is 31.0 Å². The highest BCUT2D eigenvalue weighted by Gasteiger charge is 2.60. The van der Waals surface area contributed by atoms with Crippen molar-refractivity contribution >= 4 is 44.3 Å². The number of hydrogen-bond acceptors (Lipinski definition) is 7. The summed E-state index contributed by atoms with van der Waals surface area (Å²) >= 11 is 0. The van der Waals surface area contributed by atoms with Crippen LogP contribution in [-0.4, -0.2) is 60.3 Å². The summed E-state index contributed by atoms with van der Waals surface area (Å²) in [5.41, 5.74) is 2.14. The molecule has 0 spiro atoms. The van der Waals surface area contributed by atoms with Gasteiger partial charge in [0.2, 0.25) is 10.0 Å². The van der Waals surface area contributed by atoms with E-state index in [2.05, 4.69) is 20.4 Å². The second-order valence-electron chi connectivity index (χ2n) is 9.69. The van der Waals surface area contributed by atoms with Gasteiger partial charge in [-0.05, 0) is 23.8 Å². The highest BCUT2D eigenvalue weighted by atomic mass is 32.2. The molecule has 5 rings (SSSR count). The third-order valence-electron chi connectivity index (χ3n) is 6.69. The van der Waals surface area contributed by atoms with Crippen LogP contribution in [0.1, 0.15) is 17.8 Å². The number of halogens is 4. The predicted molar refractivity (Wildman–Crippen MR) is 138 cm³/mol. The van der Waals surface area contributed by atoms with Gasteiger partial charge in [0.1, 0.15) is 11.5 Å². The van der Waals surface area contributed by atoms with Crippen molar-refractivity contribution in [3.63, 3.8) is 0 Å². The molecular formula is C25H24F4N6O3S. The van der Waals surface area contributed by atoms with Crippen LogP contribution >= 0.6 is 0 Å². The average Bonchev–Trinajstić information content (AvgIpc) is 3.16. The monoisotopic (exact) mass is 564 g/mol. The summed E-state index contributed by atoms with van der Waals surface area (Å²) in [7, 11) is -0.604. The molecule has 0 amide bonds. The summed E-state index contributed by atoms with van der Waals surface area (Å²) in [5.74, 6) is -5.11. The van der Waals surface area contributed by atoms with Crippen LogP contribution in [0.5, 0.6) is 0 Å². The van der Waals surface area contributed by atoms with Crippen LogP contribution in [0.25, 0.3) is 11.1 Å². The standard InChI is InChI=1S/C25H24F4N6O3S/c1-34-12-14(11-30-34)13-4-5-17(21(6-13)35(2)39(3,37)38)32-18-7-15(8-22(36)16-10-25(16,28)29)31-19-9-20(24(26)27)33-23(18)19/h4-7,11-12,16,24H,8-10H2,1-3H3,(H,31,32)/t16-/m0/s1. The van der Waals surface area contributed by atoms with Gasteiger partial charge in [-0.15, -0.1) is 0 Å². The molecule has 1 fully saturated rings. The van der Waals surface area contributed by atoms with Crippen LogP contribution < -0.4 is 9.62 Å². The van der Waals surface area contributed by atoms with Crippen molar-refractivity contribution in [2.75, 3.05) is 22.9 Å². The lowest BCUT2D eigenvalue weighted by molar-refractivity contribution is -0.121. The molecule has 9 nitrogen and oxygen atoms in total. The predicted octanol–water partition coefficient (Wildman–Crippen LogP) is 4.28. The van der Waals surface area contributed by atoms with Crippen molar-refractivity contribution in [1.82, 2.24) is 14.8 Å². The van der Waals surface area contributed by atoms with Crippen LogP contribution in [0.15, 0.2) is 41.7 Å². The van der Waals surface area contributed by atoms with E-state index in [9.17, 15) is 30.8 Å². The Morgan fingerprint density at radius 1 is 1.23 bits per heavy atom. The van der Waals surface area contributed by atoms with Crippen LogP contribution in [0.4, 0.5) is 40.3 Å². The number of rotatable bonds is 9. The summed E-state index contributed by atoms with van der Waals surface area (Å²) in [6.45, 7) is 0. The van der Waals surface area contributed by atoms with Gasteiger partial charge in [0, 0.05) is 45.1 Å². The summed E-state index contributed by atoms with van der Waals surface area (Å²) < 4.78 is 81.4. The molecule has 0 saturated heterocycles. The SMILES string of the molecule is CN(c1cc(-c2cnn(C)c2)ccc1Nc1cc(CC(=O)[C@@H]2CC2(F)F)nc2c1N=C(C(F)F)C2)S(C)(=O)=O. The molecule has 1 aliphatic heterocycles. The number of nitrogens with one attached hydrogen (secondary N) is 1. The lowest BCUT2D eigenvalue weighted by Crippen LogP contribution is -2.25. The van der Waals surface area contributed by atoms with Crippen molar-refractivity contribution < 1.29 is 30.8 Å². The molecule has 3 heterocycles. The van der Waals surface area contributed by atoms with E-state index in [1.165, 1.54) is 13.1 Å². The zero-order chi connectivity index (χ0) is 28.3. The maximum atomic E-state index is 13.5. The van der Waals surface area contributed by atoms with Gasteiger partial charge in [0.05, 0.1) is 52.5 Å². The van der Waals surface area contributed by atoms with Gasteiger partial charge in [-0.1, -0.05) is 6.07 Å². The molecule has 39 heavy (non-hydrogen) atoms. The van der Waals surface area contributed by atoms with Crippen LogP contribution in [-0.2, 0) is 34.7 Å². The second kappa shape index (κ2) is 9.43. The number of benzene rings is 1. The fourth-order valence-corrected chi connectivity index (χ4v) is 4.91. The third kappa shape index (κ3) is 5.37. The van der Waals surface area contributed by atoms with Crippen LogP contribution in [0.2, 0.25) is 0 Å². The molecule has 0 bridgehead atoms. The van der Waals surface area contributed by atoms with Crippen molar-refractivity contribution in [3.8, 4) is 11.1 Å². The molecule has 2 aliphatic rings. The molecular weight excluding hydrogens is 540 g/mol. The number of sulfonamides is 1. The first-order valence-corrected chi connectivity index (χ1v) is 13.7. The maximum absolute atomic E-state index is 13.5. The van der Waals surface area contributed by atoms with Gasteiger partial charge in [0.15, 0.2) is 0 Å². The highest BCUT2D eigenvalue weighted by molar-refractivity contribution is 7.92. The van der Waals surface area contributed by atoms with Crippen molar-refractivity contribution in [1.29, 1.82) is 0 Å². The molecule has 1 atom stereocenters. The molecule has 3 aromatic rings. The first-order chi connectivity index (χ1) is 18.2. The van der Waals surface area contributed by atoms with E-state index in [0.717, 1.165) is 16.1 Å². The zero-order valence-corrected chi connectivity index (χ0v) is 21.9. The van der Waals surface area contributed by atoms with Gasteiger partial charge in [0.25, 0.3) is 12.3 Å². The van der Waals surface area contributed by atoms with Crippen LogP contribution in [0, 0.1) is 5.92 Å². The first-order valence-electron chi connectivity index (χ1n) is 11.9. The molecule has 1 N–H and O–H groups in total. The van der Waals surface area contributed by atoms with Gasteiger partial charge < -0.3 is 5.32 Å². The maximum Gasteiger partial charge on any atom is 0.277 e. The number of ketones is 1. The number of hydrogen-bond donors (Lipinski definition) is 1. The molecule has 1 aromatic carbocycles. The number of aromatic nitrogens is 3. The number of carbonyl (C=O) groups excluding carboxylic acids is 1. The normalized spacial score (nSPS) is 17.6. The van der Waals surface area contributed by atoms with Gasteiger partial charge >= 0.3 is 0 Å². The van der Waals surface area contributed by atoms with Gasteiger partial charge in [-0.3, -0.25) is 18.8 Å². The summed E-state index contributed by atoms with van der Waals surface area (Å²) in [6, 6.07) is 6.38. The minimum Gasteiger partial charge on any atom is -0.352 e. The Morgan fingerprint density at radius 3 is 2.54 bits per heavy atom. The number of alkyl halides is 4. The molecule has 1 saturated carbocycles. The molecule has 0 unspecified atom stereocenters. The fraction of sp³-hybridized carbons (Fsp3) is 0.360. The number of aliphatic imine (C=N–C) groups is 1. The van der Waals surface area contributed by atoms with E-state index in [1.807, 2.05) is 0 Å². The molecule has 0 radical (unpaired) electrons. The molecule has 1 aliphatic carbocycles. The van der Waals surface area contributed by atoms with E-state index >= 15 is 0 Å². The quantitative estimate of drug-likeness (QED) is 0.389. The number of anilines is 3. The Labute approximate surface area is 221 Å². The number of pyridine rings is 1. The topological polar surface area (TPSA) is 110 Å². The number of fused-ring (bicyclic) bond motifs is 1. The molecule has 2 aromatic heterocycles. The average molecular weight is 565 g/mol. The number of aryl methyl sites for hydroxylation is 1. The third-order valence-corrected chi connectivity index (χ3v) is 7.88. The Bertz CT molecular complexity index is 1620. The minimum atomic E-state index is -3.72. The second-order valence-corrected chi connectivity index (χ2v) is 11.7. The van der Waals surface area contributed by atoms with E-state index in [4.69, 9.17) is 0 Å². The summed E-state index contributed by atoms with van der Waals surface area (Å²) in [6.07, 6.45) is 0.389. The van der Waals surface area contributed by atoms with E-state index < -0.39 is 52.6 Å². The van der Waals surface area contributed by atoms with Crippen LogP contribution in [0.3, 0.4) is 0 Å². The smallest absolute Gasteiger partial charge is 0.277 e. The van der Waals surface area contributed by atoms with E-state index in [-0.39, 0.29) is 34.9 Å². The minimum absolute atomic E-state index is 0.113. The largest absolute Gasteiger partial charge is 0.352 e. The first kappa shape index (κ1) is 26.8. The summed E-state index contributed by atoms with van der Waals surface area (Å²) in [4.78, 5) is 20.7. The van der Waals surface area contributed by atoms with Crippen molar-refractivity contribution in [2.45, 2.75) is 31.6 Å². The summed E-state index contributed by atoms with van der Waals surface area (Å²) in [5, 5.41) is 7.20. The van der Waals surface area contributed by atoms with Crippen molar-refractivity contribution in [2.24, 2.45) is 18.0 Å². The van der Waals surface area contributed by atoms with E-state index in [1.54, 1.807) is 42.3 Å². The zero-order valence-electron chi connectivity index (χ0n) is 21.1. The highest BCUT2D eigenvalue weighted by Crippen LogP contribution is 2.49. The Morgan fingerprint density at radius 2 is 1.95 bits per heavy atom. The van der Waals surface area contributed by atoms with E-state index in [0.29, 0.717) is 11.3 Å².